The molecule has 0 aliphatic carbocycles. The van der Waals surface area contributed by atoms with Crippen molar-refractivity contribution in [1.29, 1.82) is 0 Å². The fourth-order valence-electron chi connectivity index (χ4n) is 1.91. The zero-order valence-corrected chi connectivity index (χ0v) is 10.9. The Morgan fingerprint density at radius 3 is 2.32 bits per heavy atom. The van der Waals surface area contributed by atoms with Crippen molar-refractivity contribution in [2.75, 3.05) is 6.54 Å². The summed E-state index contributed by atoms with van der Waals surface area (Å²) in [4.78, 5) is 0. The Labute approximate surface area is 111 Å². The molecule has 0 aromatic heterocycles. The van der Waals surface area contributed by atoms with Crippen LogP contribution in [0.5, 0.6) is 0 Å². The third-order valence-corrected chi connectivity index (χ3v) is 2.87. The van der Waals surface area contributed by atoms with Crippen molar-refractivity contribution in [3.05, 3.63) is 35.6 Å². The van der Waals surface area contributed by atoms with E-state index >= 15 is 0 Å². The van der Waals surface area contributed by atoms with E-state index in [1.54, 1.807) is 12.1 Å². The van der Waals surface area contributed by atoms with Crippen LogP contribution in [0.2, 0.25) is 0 Å². The third kappa shape index (κ3) is 6.57. The van der Waals surface area contributed by atoms with Crippen LogP contribution >= 0.6 is 0 Å². The molecular formula is C14H19F4N. The van der Waals surface area contributed by atoms with Crippen LogP contribution in [-0.2, 0) is 0 Å². The SMILES string of the molecule is CCCNC(CCCC(F)(F)F)c1ccc(F)cc1. The number of benzene rings is 1. The summed E-state index contributed by atoms with van der Waals surface area (Å²) in [5.74, 6) is -0.340. The second-order valence-corrected chi connectivity index (χ2v) is 4.57. The molecule has 1 rings (SSSR count). The standard InChI is InChI=1S/C14H19F4N/c1-2-10-19-13(4-3-9-14(16,17)18)11-5-7-12(15)8-6-11/h5-8,13,19H,2-4,9-10H2,1H3. The molecule has 0 heterocycles. The molecule has 0 bridgehead atoms. The zero-order valence-electron chi connectivity index (χ0n) is 10.9. The topological polar surface area (TPSA) is 12.0 Å². The van der Waals surface area contributed by atoms with Crippen molar-refractivity contribution in [1.82, 2.24) is 5.32 Å². The van der Waals surface area contributed by atoms with Gasteiger partial charge in [-0.2, -0.15) is 13.2 Å². The molecule has 0 amide bonds. The van der Waals surface area contributed by atoms with E-state index in [2.05, 4.69) is 5.32 Å². The molecule has 1 aromatic rings. The summed E-state index contributed by atoms with van der Waals surface area (Å²) in [5, 5.41) is 3.20. The van der Waals surface area contributed by atoms with E-state index in [-0.39, 0.29) is 18.3 Å². The summed E-state index contributed by atoms with van der Waals surface area (Å²) >= 11 is 0. The molecule has 1 nitrogen and oxygen atoms in total. The summed E-state index contributed by atoms with van der Waals surface area (Å²) in [7, 11) is 0. The van der Waals surface area contributed by atoms with Crippen LogP contribution in [0.1, 0.15) is 44.2 Å². The van der Waals surface area contributed by atoms with Gasteiger partial charge in [0.2, 0.25) is 0 Å². The van der Waals surface area contributed by atoms with Crippen molar-refractivity contribution in [2.45, 2.75) is 44.8 Å². The van der Waals surface area contributed by atoms with Crippen LogP contribution in [0.4, 0.5) is 17.6 Å². The lowest BCUT2D eigenvalue weighted by molar-refractivity contribution is -0.135. The minimum Gasteiger partial charge on any atom is -0.310 e. The highest BCUT2D eigenvalue weighted by Gasteiger charge is 2.26. The van der Waals surface area contributed by atoms with Gasteiger partial charge >= 0.3 is 6.18 Å². The monoisotopic (exact) mass is 277 g/mol. The summed E-state index contributed by atoms with van der Waals surface area (Å²) in [6, 6.07) is 5.76. The van der Waals surface area contributed by atoms with Gasteiger partial charge in [-0.3, -0.25) is 0 Å². The van der Waals surface area contributed by atoms with Crippen LogP contribution in [0.15, 0.2) is 24.3 Å². The molecular weight excluding hydrogens is 258 g/mol. The second-order valence-electron chi connectivity index (χ2n) is 4.57. The molecule has 1 aromatic carbocycles. The molecule has 0 fully saturated rings. The first kappa shape index (κ1) is 16.0. The number of alkyl halides is 3. The van der Waals surface area contributed by atoms with Gasteiger partial charge in [-0.1, -0.05) is 19.1 Å². The van der Waals surface area contributed by atoms with Gasteiger partial charge in [0.05, 0.1) is 0 Å². The lowest BCUT2D eigenvalue weighted by Gasteiger charge is -2.19. The van der Waals surface area contributed by atoms with E-state index in [0.717, 1.165) is 18.5 Å². The number of hydrogen-bond donors (Lipinski definition) is 1. The zero-order chi connectivity index (χ0) is 14.3. The van der Waals surface area contributed by atoms with Gasteiger partial charge < -0.3 is 5.32 Å². The molecule has 108 valence electrons. The Morgan fingerprint density at radius 1 is 1.16 bits per heavy atom. The summed E-state index contributed by atoms with van der Waals surface area (Å²) < 4.78 is 49.3. The molecule has 5 heteroatoms. The maximum atomic E-state index is 12.8. The van der Waals surface area contributed by atoms with Gasteiger partial charge in [-0.05, 0) is 43.5 Å². The molecule has 0 spiro atoms. The lowest BCUT2D eigenvalue weighted by Crippen LogP contribution is -2.22. The van der Waals surface area contributed by atoms with Gasteiger partial charge in [0.15, 0.2) is 0 Å². The number of halogens is 4. The maximum Gasteiger partial charge on any atom is 0.389 e. The normalized spacial score (nSPS) is 13.5. The quantitative estimate of drug-likeness (QED) is 0.718. The summed E-state index contributed by atoms with van der Waals surface area (Å²) in [6.07, 6.45) is -3.53. The highest BCUT2D eigenvalue weighted by molar-refractivity contribution is 5.19. The first-order chi connectivity index (χ1) is 8.92. The van der Waals surface area contributed by atoms with E-state index < -0.39 is 12.6 Å². The largest absolute Gasteiger partial charge is 0.389 e. The molecule has 1 atom stereocenters. The fraction of sp³-hybridized carbons (Fsp3) is 0.571. The van der Waals surface area contributed by atoms with Crippen molar-refractivity contribution in [3.63, 3.8) is 0 Å². The van der Waals surface area contributed by atoms with Gasteiger partial charge in [-0.25, -0.2) is 4.39 Å². The number of nitrogens with one attached hydrogen (secondary N) is 1. The molecule has 19 heavy (non-hydrogen) atoms. The van der Waals surface area contributed by atoms with Crippen LogP contribution in [0.25, 0.3) is 0 Å². The van der Waals surface area contributed by atoms with E-state index in [1.165, 1.54) is 12.1 Å². The fourth-order valence-corrected chi connectivity index (χ4v) is 1.91. The average Bonchev–Trinajstić information content (AvgIpc) is 2.33. The minimum absolute atomic E-state index is 0.0717. The number of hydrogen-bond acceptors (Lipinski definition) is 1. The van der Waals surface area contributed by atoms with Crippen LogP contribution in [0.3, 0.4) is 0 Å². The van der Waals surface area contributed by atoms with Gasteiger partial charge in [0, 0.05) is 12.5 Å². The Morgan fingerprint density at radius 2 is 1.79 bits per heavy atom. The van der Waals surface area contributed by atoms with Crippen molar-refractivity contribution in [2.24, 2.45) is 0 Å². The van der Waals surface area contributed by atoms with Crippen LogP contribution in [0, 0.1) is 5.82 Å². The van der Waals surface area contributed by atoms with E-state index in [0.29, 0.717) is 6.42 Å². The Balaban J connectivity index is 2.58. The molecule has 0 saturated heterocycles. The second kappa shape index (κ2) is 7.48. The van der Waals surface area contributed by atoms with Crippen molar-refractivity contribution in [3.8, 4) is 0 Å². The van der Waals surface area contributed by atoms with Crippen LogP contribution < -0.4 is 5.32 Å². The summed E-state index contributed by atoms with van der Waals surface area (Å²) in [6.45, 7) is 2.72. The Kier molecular flexibility index (Phi) is 6.28. The van der Waals surface area contributed by atoms with Gasteiger partial charge in [-0.15, -0.1) is 0 Å². The predicted octanol–water partition coefficient (Wildman–Crippen LogP) is 4.60. The minimum atomic E-state index is -4.11. The Hall–Kier alpha value is -1.10. The molecule has 1 N–H and O–H groups in total. The van der Waals surface area contributed by atoms with Crippen molar-refractivity contribution >= 4 is 0 Å². The summed E-state index contributed by atoms with van der Waals surface area (Å²) in [5.41, 5.74) is 0.831. The number of rotatable bonds is 7. The smallest absolute Gasteiger partial charge is 0.310 e. The highest BCUT2D eigenvalue weighted by Crippen LogP contribution is 2.26. The first-order valence-corrected chi connectivity index (χ1v) is 6.48. The predicted molar refractivity (Wildman–Crippen MR) is 67.3 cm³/mol. The lowest BCUT2D eigenvalue weighted by atomic mass is 10.0. The maximum absolute atomic E-state index is 12.8. The molecule has 0 aliphatic heterocycles. The van der Waals surface area contributed by atoms with Gasteiger partial charge in [0.25, 0.3) is 0 Å². The highest BCUT2D eigenvalue weighted by atomic mass is 19.4. The third-order valence-electron chi connectivity index (χ3n) is 2.87. The van der Waals surface area contributed by atoms with Crippen molar-refractivity contribution < 1.29 is 17.6 Å². The molecule has 1 unspecified atom stereocenters. The molecule has 0 radical (unpaired) electrons. The Bertz CT molecular complexity index is 359. The van der Waals surface area contributed by atoms with E-state index in [9.17, 15) is 17.6 Å². The van der Waals surface area contributed by atoms with E-state index in [1.807, 2.05) is 6.92 Å². The first-order valence-electron chi connectivity index (χ1n) is 6.48. The van der Waals surface area contributed by atoms with Crippen LogP contribution in [-0.4, -0.2) is 12.7 Å². The average molecular weight is 277 g/mol. The van der Waals surface area contributed by atoms with E-state index in [4.69, 9.17) is 0 Å². The molecule has 0 aliphatic rings. The molecule has 0 saturated carbocycles. The van der Waals surface area contributed by atoms with Gasteiger partial charge in [0.1, 0.15) is 5.82 Å².